The molecule has 0 aliphatic heterocycles. The van der Waals surface area contributed by atoms with Crippen LogP contribution in [-0.4, -0.2) is 42.6 Å². The van der Waals surface area contributed by atoms with E-state index in [1.807, 2.05) is 48.5 Å². The summed E-state index contributed by atoms with van der Waals surface area (Å²) >= 11 is 5.48. The molecule has 190 valence electrons. The van der Waals surface area contributed by atoms with Crippen LogP contribution in [0.3, 0.4) is 0 Å². The molecule has 0 atom stereocenters. The van der Waals surface area contributed by atoms with Gasteiger partial charge in [0.05, 0.1) is 23.1 Å². The molecule has 3 aromatic carbocycles. The van der Waals surface area contributed by atoms with Crippen molar-refractivity contribution in [1.82, 2.24) is 5.32 Å². The molecule has 0 unspecified atom stereocenters. The molecule has 11 heteroatoms. The van der Waals surface area contributed by atoms with Crippen molar-refractivity contribution in [3.05, 3.63) is 88.0 Å². The molecule has 2 amide bonds. The number of rotatable bonds is 8. The molecule has 0 bridgehead atoms. The third kappa shape index (κ3) is 5.70. The molecule has 0 saturated heterocycles. The van der Waals surface area contributed by atoms with E-state index in [9.17, 15) is 24.5 Å². The summed E-state index contributed by atoms with van der Waals surface area (Å²) in [5.74, 6) is -1.09. The number of nitro groups is 1. The number of fused-ring (bicyclic) bond motifs is 3. The first-order valence-electron chi connectivity index (χ1n) is 11.3. The number of anilines is 1. The molecule has 10 nitrogen and oxygen atoms in total. The van der Waals surface area contributed by atoms with Gasteiger partial charge >= 0.3 is 17.4 Å². The number of amides is 2. The van der Waals surface area contributed by atoms with Crippen LogP contribution >= 0.6 is 11.6 Å². The van der Waals surface area contributed by atoms with Gasteiger partial charge in [-0.15, -0.1) is 0 Å². The van der Waals surface area contributed by atoms with Gasteiger partial charge in [-0.05, 0) is 39.9 Å². The highest BCUT2D eigenvalue weighted by Crippen LogP contribution is 2.44. The molecule has 4 rings (SSSR count). The largest absolute Gasteiger partial charge is 0.449 e. The fourth-order valence-corrected chi connectivity index (χ4v) is 4.25. The number of alkyl carbamates (subject to hydrolysis) is 1. The standard InChI is InChI=1S/C26H22ClN3O7/c1-29(25(27)32)22-11-10-16(30(34)35)14-23(22)37-24(31)12-13-28-26(33)36-15-21-19-8-4-2-6-17(19)18-7-3-5-9-20(18)21/h2-11,14,21H,12-13,15H2,1H3,(H,28,33). The van der Waals surface area contributed by atoms with Crippen molar-refractivity contribution in [1.29, 1.82) is 0 Å². The molecule has 0 spiro atoms. The van der Waals surface area contributed by atoms with Gasteiger partial charge in [-0.3, -0.25) is 24.6 Å². The molecule has 0 fully saturated rings. The van der Waals surface area contributed by atoms with Gasteiger partial charge in [0, 0.05) is 25.6 Å². The van der Waals surface area contributed by atoms with Gasteiger partial charge in [0.15, 0.2) is 5.75 Å². The summed E-state index contributed by atoms with van der Waals surface area (Å²) in [4.78, 5) is 47.5. The maximum Gasteiger partial charge on any atom is 0.407 e. The number of nitrogens with zero attached hydrogens (tertiary/aromatic N) is 2. The Morgan fingerprint density at radius 1 is 1.03 bits per heavy atom. The summed E-state index contributed by atoms with van der Waals surface area (Å²) in [6.07, 6.45) is -0.941. The lowest BCUT2D eigenvalue weighted by molar-refractivity contribution is -0.384. The maximum absolute atomic E-state index is 12.3. The van der Waals surface area contributed by atoms with Gasteiger partial charge < -0.3 is 14.8 Å². The van der Waals surface area contributed by atoms with Crippen molar-refractivity contribution in [2.24, 2.45) is 0 Å². The van der Waals surface area contributed by atoms with Gasteiger partial charge in [-0.25, -0.2) is 4.79 Å². The maximum atomic E-state index is 12.3. The van der Waals surface area contributed by atoms with E-state index >= 15 is 0 Å². The number of carbonyl (C=O) groups is 3. The molecule has 1 aliphatic carbocycles. The van der Waals surface area contributed by atoms with Gasteiger partial charge in [-0.2, -0.15) is 0 Å². The van der Waals surface area contributed by atoms with E-state index < -0.39 is 22.4 Å². The summed E-state index contributed by atoms with van der Waals surface area (Å²) in [5.41, 5.74) is 4.11. The lowest BCUT2D eigenvalue weighted by atomic mass is 9.98. The van der Waals surface area contributed by atoms with Gasteiger partial charge in [0.2, 0.25) is 0 Å². The summed E-state index contributed by atoms with van der Waals surface area (Å²) in [5, 5.41) is 12.7. The van der Waals surface area contributed by atoms with Gasteiger partial charge in [0.1, 0.15) is 6.61 Å². The number of benzene rings is 3. The van der Waals surface area contributed by atoms with Crippen LogP contribution in [0, 0.1) is 10.1 Å². The van der Waals surface area contributed by atoms with Crippen LogP contribution in [0.5, 0.6) is 5.75 Å². The first-order chi connectivity index (χ1) is 17.8. The topological polar surface area (TPSA) is 128 Å². The molecule has 0 saturated carbocycles. The van der Waals surface area contributed by atoms with Gasteiger partial charge in [0.25, 0.3) is 5.69 Å². The molecular weight excluding hydrogens is 502 g/mol. The first kappa shape index (κ1) is 25.6. The molecule has 0 aromatic heterocycles. The number of carbonyl (C=O) groups excluding carboxylic acids is 3. The molecule has 3 aromatic rings. The van der Waals surface area contributed by atoms with Gasteiger partial charge in [-0.1, -0.05) is 48.5 Å². The quantitative estimate of drug-likeness (QED) is 0.107. The van der Waals surface area contributed by atoms with E-state index in [4.69, 9.17) is 21.1 Å². The van der Waals surface area contributed by atoms with Crippen molar-refractivity contribution in [2.45, 2.75) is 12.3 Å². The average Bonchev–Trinajstić information content (AvgIpc) is 3.20. The number of nitrogens with one attached hydrogen (secondary N) is 1. The minimum Gasteiger partial charge on any atom is -0.449 e. The third-order valence-corrected chi connectivity index (χ3v) is 6.20. The number of ether oxygens (including phenoxy) is 2. The Balaban J connectivity index is 1.32. The lowest BCUT2D eigenvalue weighted by Gasteiger charge is -2.17. The molecule has 0 radical (unpaired) electrons. The predicted molar refractivity (Wildman–Crippen MR) is 136 cm³/mol. The molecule has 37 heavy (non-hydrogen) atoms. The smallest absolute Gasteiger partial charge is 0.407 e. The van der Waals surface area contributed by atoms with Crippen LogP contribution < -0.4 is 15.0 Å². The lowest BCUT2D eigenvalue weighted by Crippen LogP contribution is -2.29. The highest BCUT2D eigenvalue weighted by atomic mass is 35.5. The van der Waals surface area contributed by atoms with Crippen LogP contribution in [0.25, 0.3) is 11.1 Å². The van der Waals surface area contributed by atoms with Crippen LogP contribution in [0.1, 0.15) is 23.5 Å². The Morgan fingerprint density at radius 2 is 1.65 bits per heavy atom. The van der Waals surface area contributed by atoms with E-state index in [0.29, 0.717) is 0 Å². The Bertz CT molecular complexity index is 1330. The van der Waals surface area contributed by atoms with Crippen LogP contribution in [-0.2, 0) is 9.53 Å². The fraction of sp³-hybridized carbons (Fsp3) is 0.192. The monoisotopic (exact) mass is 523 g/mol. The van der Waals surface area contributed by atoms with E-state index in [2.05, 4.69) is 5.32 Å². The van der Waals surface area contributed by atoms with Crippen LogP contribution in [0.2, 0.25) is 0 Å². The van der Waals surface area contributed by atoms with Crippen LogP contribution in [0.15, 0.2) is 66.7 Å². The van der Waals surface area contributed by atoms with E-state index in [0.717, 1.165) is 39.3 Å². The minimum absolute atomic E-state index is 0.0726. The summed E-state index contributed by atoms with van der Waals surface area (Å²) in [6.45, 7) is 0.0319. The number of halogens is 1. The van der Waals surface area contributed by atoms with Crippen molar-refractivity contribution in [3.63, 3.8) is 0 Å². The van der Waals surface area contributed by atoms with Crippen molar-refractivity contribution >= 4 is 40.4 Å². The second-order valence-electron chi connectivity index (χ2n) is 8.20. The number of hydrogen-bond donors (Lipinski definition) is 1. The second kappa shape index (κ2) is 11.1. The zero-order valence-electron chi connectivity index (χ0n) is 19.7. The zero-order valence-corrected chi connectivity index (χ0v) is 20.4. The molecule has 1 aliphatic rings. The SMILES string of the molecule is CN(C(=O)Cl)c1ccc([N+](=O)[O-])cc1OC(=O)CCNC(=O)OCC1c2ccccc2-c2ccccc21. The number of nitro benzene ring substituents is 1. The normalized spacial score (nSPS) is 11.7. The zero-order chi connectivity index (χ0) is 26.5. The average molecular weight is 524 g/mol. The van der Waals surface area contributed by atoms with E-state index in [-0.39, 0.29) is 42.6 Å². The van der Waals surface area contributed by atoms with Crippen LogP contribution in [0.4, 0.5) is 21.0 Å². The van der Waals surface area contributed by atoms with Crippen molar-refractivity contribution < 1.29 is 28.8 Å². The third-order valence-electron chi connectivity index (χ3n) is 5.95. The van der Waals surface area contributed by atoms with Crippen molar-refractivity contribution in [2.75, 3.05) is 25.1 Å². The Labute approximate surface area is 216 Å². The number of non-ortho nitro benzene ring substituents is 1. The first-order valence-corrected chi connectivity index (χ1v) is 11.6. The Morgan fingerprint density at radius 3 is 2.24 bits per heavy atom. The summed E-state index contributed by atoms with van der Waals surface area (Å²) in [6, 6.07) is 19.3. The molecular formula is C26H22ClN3O7. The van der Waals surface area contributed by atoms with E-state index in [1.165, 1.54) is 13.1 Å². The van der Waals surface area contributed by atoms with Crippen molar-refractivity contribution in [3.8, 4) is 16.9 Å². The minimum atomic E-state index is -0.872. The Hall–Kier alpha value is -4.44. The molecule has 0 heterocycles. The number of hydrogen-bond acceptors (Lipinski definition) is 7. The number of esters is 1. The Kier molecular flexibility index (Phi) is 7.69. The second-order valence-corrected chi connectivity index (χ2v) is 8.52. The highest BCUT2D eigenvalue weighted by molar-refractivity contribution is 6.66. The fourth-order valence-electron chi connectivity index (χ4n) is 4.16. The summed E-state index contributed by atoms with van der Waals surface area (Å²) < 4.78 is 10.6. The van der Waals surface area contributed by atoms with E-state index in [1.54, 1.807) is 0 Å². The molecule has 1 N–H and O–H groups in total. The highest BCUT2D eigenvalue weighted by Gasteiger charge is 2.29. The predicted octanol–water partition coefficient (Wildman–Crippen LogP) is 5.22. The summed E-state index contributed by atoms with van der Waals surface area (Å²) in [7, 11) is 1.33.